The fourth-order valence-electron chi connectivity index (χ4n) is 1.81. The molecular formula is C15H14N2O2. The molecule has 0 aliphatic carbocycles. The molecular weight excluding hydrogens is 240 g/mol. The highest BCUT2D eigenvalue weighted by Gasteiger charge is 2.02. The van der Waals surface area contributed by atoms with Crippen LogP contribution in [-0.4, -0.2) is 11.8 Å². The molecule has 96 valence electrons. The first kappa shape index (κ1) is 12.8. The molecule has 0 aliphatic heterocycles. The summed E-state index contributed by atoms with van der Waals surface area (Å²) in [5.74, 6) is -0.866. The lowest BCUT2D eigenvalue weighted by Crippen LogP contribution is -2.11. The monoisotopic (exact) mass is 254 g/mol. The van der Waals surface area contributed by atoms with Crippen molar-refractivity contribution in [2.24, 2.45) is 11.5 Å². The molecule has 0 unspecified atom stereocenters. The van der Waals surface area contributed by atoms with E-state index in [1.807, 2.05) is 24.3 Å². The number of rotatable bonds is 4. The molecule has 0 spiro atoms. The second-order valence-electron chi connectivity index (χ2n) is 4.30. The van der Waals surface area contributed by atoms with Crippen LogP contribution < -0.4 is 11.5 Å². The second-order valence-corrected chi connectivity index (χ2v) is 4.30. The van der Waals surface area contributed by atoms with Crippen molar-refractivity contribution >= 4 is 11.8 Å². The fourth-order valence-corrected chi connectivity index (χ4v) is 1.81. The standard InChI is InChI=1S/C15H14N2O2/c16-14(18)12-5-1-10(2-6-12)9-11-3-7-13(8-4-11)15(17)19/h1-8H,9H2,(H2,16,18)(H2,17,19). The van der Waals surface area contributed by atoms with Crippen LogP contribution in [-0.2, 0) is 6.42 Å². The smallest absolute Gasteiger partial charge is 0.248 e. The van der Waals surface area contributed by atoms with Gasteiger partial charge in [-0.05, 0) is 41.8 Å². The Morgan fingerprint density at radius 1 is 0.684 bits per heavy atom. The summed E-state index contributed by atoms with van der Waals surface area (Å²) in [6.07, 6.45) is 0.720. The van der Waals surface area contributed by atoms with Gasteiger partial charge in [0.25, 0.3) is 0 Å². The lowest BCUT2D eigenvalue weighted by Gasteiger charge is -2.04. The lowest BCUT2D eigenvalue weighted by molar-refractivity contribution is 0.0992. The highest BCUT2D eigenvalue weighted by atomic mass is 16.1. The Morgan fingerprint density at radius 2 is 1.00 bits per heavy atom. The molecule has 0 fully saturated rings. The van der Waals surface area contributed by atoms with Gasteiger partial charge >= 0.3 is 0 Å². The number of nitrogens with two attached hydrogens (primary N) is 2. The zero-order valence-corrected chi connectivity index (χ0v) is 10.3. The second kappa shape index (κ2) is 5.35. The largest absolute Gasteiger partial charge is 0.366 e. The van der Waals surface area contributed by atoms with Crippen molar-refractivity contribution in [2.45, 2.75) is 6.42 Å². The molecule has 0 saturated heterocycles. The summed E-state index contributed by atoms with van der Waals surface area (Å²) in [7, 11) is 0. The summed E-state index contributed by atoms with van der Waals surface area (Å²) in [5.41, 5.74) is 13.5. The first-order valence-electron chi connectivity index (χ1n) is 5.84. The Hall–Kier alpha value is -2.62. The average molecular weight is 254 g/mol. The van der Waals surface area contributed by atoms with Crippen LogP contribution >= 0.6 is 0 Å². The predicted molar refractivity (Wildman–Crippen MR) is 72.7 cm³/mol. The Morgan fingerprint density at radius 3 is 1.26 bits per heavy atom. The topological polar surface area (TPSA) is 86.2 Å². The van der Waals surface area contributed by atoms with Crippen molar-refractivity contribution in [2.75, 3.05) is 0 Å². The molecule has 0 aliphatic rings. The van der Waals surface area contributed by atoms with Crippen molar-refractivity contribution < 1.29 is 9.59 Å². The van der Waals surface area contributed by atoms with Crippen LogP contribution in [0.3, 0.4) is 0 Å². The Bertz CT molecular complexity index is 546. The molecule has 2 amide bonds. The number of benzene rings is 2. The lowest BCUT2D eigenvalue weighted by atomic mass is 10.0. The molecule has 0 radical (unpaired) electrons. The van der Waals surface area contributed by atoms with Crippen LogP contribution in [0.15, 0.2) is 48.5 Å². The minimum absolute atomic E-state index is 0.433. The predicted octanol–water partition coefficient (Wildman–Crippen LogP) is 1.48. The molecule has 19 heavy (non-hydrogen) atoms. The zero-order valence-electron chi connectivity index (χ0n) is 10.3. The average Bonchev–Trinajstić information content (AvgIpc) is 2.40. The molecule has 4 nitrogen and oxygen atoms in total. The first-order valence-corrected chi connectivity index (χ1v) is 5.84. The summed E-state index contributed by atoms with van der Waals surface area (Å²) in [5, 5.41) is 0. The van der Waals surface area contributed by atoms with Gasteiger partial charge in [0.05, 0.1) is 0 Å². The van der Waals surface area contributed by atoms with E-state index < -0.39 is 11.8 Å². The highest BCUT2D eigenvalue weighted by Crippen LogP contribution is 2.12. The number of primary amides is 2. The molecule has 0 atom stereocenters. The van der Waals surface area contributed by atoms with Gasteiger partial charge in [-0.3, -0.25) is 9.59 Å². The van der Waals surface area contributed by atoms with Crippen LogP contribution in [0.1, 0.15) is 31.8 Å². The van der Waals surface area contributed by atoms with E-state index in [0.717, 1.165) is 17.5 Å². The molecule has 2 aromatic carbocycles. The Kier molecular flexibility index (Phi) is 3.61. The third-order valence-corrected chi connectivity index (χ3v) is 2.89. The number of hydrogen-bond acceptors (Lipinski definition) is 2. The van der Waals surface area contributed by atoms with Crippen molar-refractivity contribution in [3.05, 3.63) is 70.8 Å². The van der Waals surface area contributed by atoms with Gasteiger partial charge in [-0.25, -0.2) is 0 Å². The van der Waals surface area contributed by atoms with Crippen LogP contribution in [0, 0.1) is 0 Å². The fraction of sp³-hybridized carbons (Fsp3) is 0.0667. The summed E-state index contributed by atoms with van der Waals surface area (Å²) in [6.45, 7) is 0. The van der Waals surface area contributed by atoms with E-state index in [1.54, 1.807) is 24.3 Å². The van der Waals surface area contributed by atoms with Crippen LogP contribution in [0.4, 0.5) is 0 Å². The Labute approximate surface area is 111 Å². The molecule has 4 N–H and O–H groups in total. The van der Waals surface area contributed by atoms with E-state index in [2.05, 4.69) is 0 Å². The third kappa shape index (κ3) is 3.19. The summed E-state index contributed by atoms with van der Waals surface area (Å²) < 4.78 is 0. The van der Waals surface area contributed by atoms with E-state index in [0.29, 0.717) is 11.1 Å². The Balaban J connectivity index is 2.12. The molecule has 4 heteroatoms. The number of carbonyl (C=O) groups excluding carboxylic acids is 2. The van der Waals surface area contributed by atoms with E-state index in [4.69, 9.17) is 11.5 Å². The van der Waals surface area contributed by atoms with Crippen LogP contribution in [0.2, 0.25) is 0 Å². The van der Waals surface area contributed by atoms with Gasteiger partial charge in [-0.1, -0.05) is 24.3 Å². The molecule has 0 aromatic heterocycles. The van der Waals surface area contributed by atoms with Gasteiger partial charge in [-0.15, -0.1) is 0 Å². The number of hydrogen-bond donors (Lipinski definition) is 2. The molecule has 0 saturated carbocycles. The maximum absolute atomic E-state index is 11.0. The summed E-state index contributed by atoms with van der Waals surface area (Å²) >= 11 is 0. The highest BCUT2D eigenvalue weighted by molar-refractivity contribution is 5.93. The molecule has 0 bridgehead atoms. The van der Waals surface area contributed by atoms with Gasteiger partial charge in [0, 0.05) is 11.1 Å². The third-order valence-electron chi connectivity index (χ3n) is 2.89. The maximum Gasteiger partial charge on any atom is 0.248 e. The van der Waals surface area contributed by atoms with Gasteiger partial charge in [0.2, 0.25) is 11.8 Å². The SMILES string of the molecule is NC(=O)c1ccc(Cc2ccc(C(N)=O)cc2)cc1. The zero-order chi connectivity index (χ0) is 13.8. The minimum atomic E-state index is -0.433. The van der Waals surface area contributed by atoms with Gasteiger partial charge in [0.15, 0.2) is 0 Å². The van der Waals surface area contributed by atoms with Gasteiger partial charge in [-0.2, -0.15) is 0 Å². The van der Waals surface area contributed by atoms with Gasteiger partial charge in [0.1, 0.15) is 0 Å². The summed E-state index contributed by atoms with van der Waals surface area (Å²) in [4.78, 5) is 21.9. The van der Waals surface area contributed by atoms with Crippen molar-refractivity contribution in [1.29, 1.82) is 0 Å². The quantitative estimate of drug-likeness (QED) is 0.865. The minimum Gasteiger partial charge on any atom is -0.366 e. The van der Waals surface area contributed by atoms with Crippen molar-refractivity contribution in [1.82, 2.24) is 0 Å². The van der Waals surface area contributed by atoms with Gasteiger partial charge < -0.3 is 11.5 Å². The van der Waals surface area contributed by atoms with Crippen molar-refractivity contribution in [3.8, 4) is 0 Å². The normalized spacial score (nSPS) is 10.1. The van der Waals surface area contributed by atoms with Crippen LogP contribution in [0.5, 0.6) is 0 Å². The van der Waals surface area contributed by atoms with E-state index in [-0.39, 0.29) is 0 Å². The van der Waals surface area contributed by atoms with E-state index in [9.17, 15) is 9.59 Å². The molecule has 2 rings (SSSR count). The molecule has 2 aromatic rings. The van der Waals surface area contributed by atoms with Crippen LogP contribution in [0.25, 0.3) is 0 Å². The number of carbonyl (C=O) groups is 2. The van der Waals surface area contributed by atoms with E-state index >= 15 is 0 Å². The van der Waals surface area contributed by atoms with E-state index in [1.165, 1.54) is 0 Å². The summed E-state index contributed by atoms with van der Waals surface area (Å²) in [6, 6.07) is 14.3. The maximum atomic E-state index is 11.0. The first-order chi connectivity index (χ1) is 9.06. The van der Waals surface area contributed by atoms with Crippen molar-refractivity contribution in [3.63, 3.8) is 0 Å². The number of amides is 2. The molecule has 0 heterocycles.